The van der Waals surface area contributed by atoms with Crippen LogP contribution >= 0.6 is 11.3 Å². The molecule has 0 fully saturated rings. The van der Waals surface area contributed by atoms with Crippen LogP contribution in [-0.4, -0.2) is 16.1 Å². The van der Waals surface area contributed by atoms with Gasteiger partial charge in [0, 0.05) is 4.88 Å². The molecule has 0 spiro atoms. The van der Waals surface area contributed by atoms with Gasteiger partial charge in [-0.1, -0.05) is 6.58 Å². The van der Waals surface area contributed by atoms with Gasteiger partial charge in [0.1, 0.15) is 5.01 Å². The minimum atomic E-state index is -0.758. The van der Waals surface area contributed by atoms with Crippen molar-refractivity contribution in [2.75, 3.05) is 0 Å². The zero-order valence-corrected chi connectivity index (χ0v) is 8.51. The van der Waals surface area contributed by atoms with Gasteiger partial charge in [-0.2, -0.15) is 0 Å². The number of carbonyl (C=O) groups is 1. The largest absolute Gasteiger partial charge is 0.481 e. The van der Waals surface area contributed by atoms with Crippen LogP contribution in [0.5, 0.6) is 0 Å². The summed E-state index contributed by atoms with van der Waals surface area (Å²) in [6, 6.07) is 0. The van der Waals surface area contributed by atoms with Crippen LogP contribution in [-0.2, 0) is 11.2 Å². The number of nitrogens with zero attached hydrogens (tertiary/aromatic N) is 1. The van der Waals surface area contributed by atoms with Crippen LogP contribution in [0, 0.1) is 0 Å². The minimum absolute atomic E-state index is 0.399. The fourth-order valence-electron chi connectivity index (χ4n) is 1.76. The van der Waals surface area contributed by atoms with E-state index in [2.05, 4.69) is 11.6 Å². The highest BCUT2D eigenvalue weighted by Gasteiger charge is 2.29. The zero-order chi connectivity index (χ0) is 10.1. The molecule has 0 radical (unpaired) electrons. The Labute approximate surface area is 86.1 Å². The predicted molar refractivity (Wildman–Crippen MR) is 55.5 cm³/mol. The topological polar surface area (TPSA) is 50.2 Å². The van der Waals surface area contributed by atoms with Crippen molar-refractivity contribution in [1.29, 1.82) is 0 Å². The van der Waals surface area contributed by atoms with E-state index in [-0.39, 0.29) is 0 Å². The molecule has 0 amide bonds. The van der Waals surface area contributed by atoms with Crippen molar-refractivity contribution < 1.29 is 9.90 Å². The van der Waals surface area contributed by atoms with Gasteiger partial charge in [0.15, 0.2) is 0 Å². The van der Waals surface area contributed by atoms with E-state index in [0.717, 1.165) is 28.4 Å². The number of aliphatic carboxylic acids is 1. The van der Waals surface area contributed by atoms with Crippen LogP contribution in [0.2, 0.25) is 0 Å². The smallest absolute Gasteiger partial charge is 0.312 e. The summed E-state index contributed by atoms with van der Waals surface area (Å²) in [5.74, 6) is -1.16. The van der Waals surface area contributed by atoms with E-state index in [9.17, 15) is 4.79 Å². The summed E-state index contributed by atoms with van der Waals surface area (Å²) in [6.45, 7) is 3.64. The number of aromatic nitrogens is 1. The fourth-order valence-corrected chi connectivity index (χ4v) is 2.78. The molecule has 14 heavy (non-hydrogen) atoms. The first-order valence-electron chi connectivity index (χ1n) is 4.57. The lowest BCUT2D eigenvalue weighted by Gasteiger charge is -2.16. The van der Waals surface area contributed by atoms with E-state index < -0.39 is 11.9 Å². The second kappa shape index (κ2) is 3.53. The van der Waals surface area contributed by atoms with E-state index in [1.807, 2.05) is 0 Å². The van der Waals surface area contributed by atoms with Crippen molar-refractivity contribution in [3.8, 4) is 0 Å². The minimum Gasteiger partial charge on any atom is -0.481 e. The average molecular weight is 209 g/mol. The standard InChI is InChI=1S/C10H11NO2S/c1-2-8-11-9-6(10(12)13)4-3-5-7(9)14-8/h2,6H,1,3-5H2,(H,12,13). The quantitative estimate of drug-likeness (QED) is 0.813. The van der Waals surface area contributed by atoms with Crippen molar-refractivity contribution in [3.63, 3.8) is 0 Å². The Kier molecular flexibility index (Phi) is 2.37. The van der Waals surface area contributed by atoms with Crippen LogP contribution in [0.15, 0.2) is 6.58 Å². The lowest BCUT2D eigenvalue weighted by atomic mass is 9.91. The monoisotopic (exact) mass is 209 g/mol. The third-order valence-electron chi connectivity index (χ3n) is 2.44. The molecule has 1 aromatic heterocycles. The summed E-state index contributed by atoms with van der Waals surface area (Å²) in [6.07, 6.45) is 4.30. The maximum Gasteiger partial charge on any atom is 0.312 e. The summed E-state index contributed by atoms with van der Waals surface area (Å²) in [7, 11) is 0. The molecule has 0 saturated heterocycles. The maximum atomic E-state index is 11.0. The van der Waals surface area contributed by atoms with E-state index >= 15 is 0 Å². The number of hydrogen-bond donors (Lipinski definition) is 1. The van der Waals surface area contributed by atoms with E-state index in [1.54, 1.807) is 17.4 Å². The summed E-state index contributed by atoms with van der Waals surface area (Å²) < 4.78 is 0. The van der Waals surface area contributed by atoms with E-state index in [0.29, 0.717) is 6.42 Å². The number of hydrogen-bond acceptors (Lipinski definition) is 3. The zero-order valence-electron chi connectivity index (χ0n) is 7.69. The van der Waals surface area contributed by atoms with Crippen molar-refractivity contribution in [2.24, 2.45) is 0 Å². The lowest BCUT2D eigenvalue weighted by Crippen LogP contribution is -2.17. The molecular formula is C10H11NO2S. The highest BCUT2D eigenvalue weighted by atomic mass is 32.1. The Hall–Kier alpha value is -1.16. The predicted octanol–water partition coefficient (Wildman–Crippen LogP) is 2.29. The normalized spacial score (nSPS) is 20.1. The first-order valence-corrected chi connectivity index (χ1v) is 5.39. The molecule has 1 N–H and O–H groups in total. The van der Waals surface area contributed by atoms with Gasteiger partial charge in [-0.05, 0) is 25.3 Å². The molecule has 1 unspecified atom stereocenters. The SMILES string of the molecule is C=Cc1nc2c(s1)CCCC2C(=O)O. The third-order valence-corrected chi connectivity index (χ3v) is 3.57. The molecule has 2 rings (SSSR count). The van der Waals surface area contributed by atoms with Crippen LogP contribution in [0.25, 0.3) is 6.08 Å². The molecule has 74 valence electrons. The van der Waals surface area contributed by atoms with Gasteiger partial charge in [-0.25, -0.2) is 4.98 Å². The molecule has 1 aliphatic rings. The Morgan fingerprint density at radius 3 is 3.14 bits per heavy atom. The number of thiazole rings is 1. The summed E-state index contributed by atoms with van der Waals surface area (Å²) in [5.41, 5.74) is 0.767. The van der Waals surface area contributed by atoms with Gasteiger partial charge in [0.2, 0.25) is 0 Å². The first kappa shape index (κ1) is 9.40. The van der Waals surface area contributed by atoms with E-state index in [1.165, 1.54) is 0 Å². The summed E-state index contributed by atoms with van der Waals surface area (Å²) in [5, 5.41) is 9.84. The molecule has 0 aromatic carbocycles. The van der Waals surface area contributed by atoms with Crippen molar-refractivity contribution in [2.45, 2.75) is 25.2 Å². The average Bonchev–Trinajstić information content (AvgIpc) is 2.59. The number of rotatable bonds is 2. The Morgan fingerprint density at radius 1 is 1.71 bits per heavy atom. The molecule has 0 bridgehead atoms. The number of aryl methyl sites for hydroxylation is 1. The Balaban J connectivity index is 2.42. The van der Waals surface area contributed by atoms with Crippen LogP contribution in [0.1, 0.15) is 34.3 Å². The number of carboxylic acids is 1. The highest BCUT2D eigenvalue weighted by molar-refractivity contribution is 7.12. The molecule has 1 atom stereocenters. The molecule has 0 saturated carbocycles. The van der Waals surface area contributed by atoms with Gasteiger partial charge >= 0.3 is 5.97 Å². The van der Waals surface area contributed by atoms with Gasteiger partial charge < -0.3 is 5.11 Å². The molecule has 1 heterocycles. The van der Waals surface area contributed by atoms with Crippen molar-refractivity contribution in [3.05, 3.63) is 22.2 Å². The second-order valence-corrected chi connectivity index (χ2v) is 4.46. The van der Waals surface area contributed by atoms with Crippen LogP contribution < -0.4 is 0 Å². The second-order valence-electron chi connectivity index (χ2n) is 3.35. The van der Waals surface area contributed by atoms with Gasteiger partial charge in [-0.15, -0.1) is 11.3 Å². The molecule has 4 heteroatoms. The number of fused-ring (bicyclic) bond motifs is 1. The molecule has 0 aliphatic heterocycles. The highest BCUT2D eigenvalue weighted by Crippen LogP contribution is 2.35. The first-order chi connectivity index (χ1) is 6.72. The molecule has 1 aromatic rings. The van der Waals surface area contributed by atoms with Gasteiger partial charge in [-0.3, -0.25) is 4.79 Å². The molecule has 1 aliphatic carbocycles. The molecular weight excluding hydrogens is 198 g/mol. The van der Waals surface area contributed by atoms with Crippen LogP contribution in [0.4, 0.5) is 0 Å². The summed E-state index contributed by atoms with van der Waals surface area (Å²) >= 11 is 1.56. The van der Waals surface area contributed by atoms with Gasteiger partial charge in [0.05, 0.1) is 11.6 Å². The van der Waals surface area contributed by atoms with Crippen LogP contribution in [0.3, 0.4) is 0 Å². The van der Waals surface area contributed by atoms with Crippen molar-refractivity contribution >= 4 is 23.4 Å². The maximum absolute atomic E-state index is 11.0. The fraction of sp³-hybridized carbons (Fsp3) is 0.400. The Bertz CT molecular complexity index is 383. The number of carboxylic acid groups (broad SMARTS) is 1. The van der Waals surface area contributed by atoms with E-state index in [4.69, 9.17) is 5.11 Å². The van der Waals surface area contributed by atoms with Crippen molar-refractivity contribution in [1.82, 2.24) is 4.98 Å². The third kappa shape index (κ3) is 1.46. The van der Waals surface area contributed by atoms with Gasteiger partial charge in [0.25, 0.3) is 0 Å². The molecule has 3 nitrogen and oxygen atoms in total. The summed E-state index contributed by atoms with van der Waals surface area (Å²) in [4.78, 5) is 16.4. The Morgan fingerprint density at radius 2 is 2.50 bits per heavy atom. The lowest BCUT2D eigenvalue weighted by molar-refractivity contribution is -0.139.